The summed E-state index contributed by atoms with van der Waals surface area (Å²) in [5.41, 5.74) is 1.74. The van der Waals surface area contributed by atoms with E-state index in [0.29, 0.717) is 31.0 Å². The third-order valence-corrected chi connectivity index (χ3v) is 6.93. The fourth-order valence-corrected chi connectivity index (χ4v) is 4.94. The number of carboxylic acids is 1. The van der Waals surface area contributed by atoms with Gasteiger partial charge in [-0.05, 0) is 24.3 Å². The molecule has 0 fully saturated rings. The lowest BCUT2D eigenvalue weighted by atomic mass is 9.85. The minimum atomic E-state index is -0.746. The molecule has 0 spiro atoms. The molecule has 1 N–H and O–H groups in total. The third kappa shape index (κ3) is 5.55. The Labute approximate surface area is 216 Å². The number of carbonyl (C=O) groups is 2. The summed E-state index contributed by atoms with van der Waals surface area (Å²) in [5.74, 6) is -0.698. The Bertz CT molecular complexity index is 1360. The Morgan fingerprint density at radius 3 is 2.57 bits per heavy atom. The van der Waals surface area contributed by atoms with Gasteiger partial charge in [0.05, 0.1) is 37.7 Å². The van der Waals surface area contributed by atoms with Crippen molar-refractivity contribution >= 4 is 22.8 Å². The molecule has 1 atom stereocenters. The zero-order chi connectivity index (χ0) is 26.7. The van der Waals surface area contributed by atoms with E-state index >= 15 is 0 Å². The highest BCUT2D eigenvalue weighted by Crippen LogP contribution is 2.43. The van der Waals surface area contributed by atoms with Crippen molar-refractivity contribution in [2.24, 2.45) is 5.41 Å². The number of carboxylic acid groups (broad SMARTS) is 1. The van der Waals surface area contributed by atoms with Crippen molar-refractivity contribution < 1.29 is 24.2 Å². The quantitative estimate of drug-likeness (QED) is 0.300. The van der Waals surface area contributed by atoms with E-state index in [9.17, 15) is 14.4 Å². The van der Waals surface area contributed by atoms with Crippen molar-refractivity contribution in [3.05, 3.63) is 46.2 Å². The number of fused-ring (bicyclic) bond motifs is 5. The first-order valence-electron chi connectivity index (χ1n) is 12.8. The number of hydrogen-bond donors (Lipinski definition) is 1. The Balaban J connectivity index is 1.62. The predicted molar refractivity (Wildman–Crippen MR) is 140 cm³/mol. The average molecular weight is 510 g/mol. The molecule has 0 radical (unpaired) electrons. The molecule has 9 heteroatoms. The minimum Gasteiger partial charge on any atom is -0.491 e. The van der Waals surface area contributed by atoms with Gasteiger partial charge in [-0.25, -0.2) is 4.79 Å². The topological polar surface area (TPSA) is 113 Å². The summed E-state index contributed by atoms with van der Waals surface area (Å²) in [4.78, 5) is 35.8. The van der Waals surface area contributed by atoms with E-state index in [0.717, 1.165) is 42.3 Å². The maximum absolute atomic E-state index is 12.9. The second-order valence-corrected chi connectivity index (χ2v) is 10.7. The van der Waals surface area contributed by atoms with E-state index in [1.165, 1.54) is 13.2 Å². The van der Waals surface area contributed by atoms with Gasteiger partial charge in [-0.1, -0.05) is 52.2 Å². The number of esters is 1. The van der Waals surface area contributed by atoms with Crippen LogP contribution in [-0.2, 0) is 16.1 Å². The Morgan fingerprint density at radius 2 is 1.86 bits per heavy atom. The zero-order valence-electron chi connectivity index (χ0n) is 22.0. The van der Waals surface area contributed by atoms with Crippen molar-refractivity contribution in [2.45, 2.75) is 71.9 Å². The number of carbonyl (C=O) groups excluding carboxylic acids is 1. The summed E-state index contributed by atoms with van der Waals surface area (Å²) in [6.07, 6.45) is 6.28. The molecule has 4 rings (SSSR count). The summed E-state index contributed by atoms with van der Waals surface area (Å²) in [6, 6.07) is 7.27. The van der Waals surface area contributed by atoms with Crippen LogP contribution in [0.5, 0.6) is 5.75 Å². The number of rotatable bonds is 10. The molecule has 9 nitrogen and oxygen atoms in total. The number of unbranched alkanes of at least 4 members (excludes halogenated alkanes) is 4. The van der Waals surface area contributed by atoms with Crippen LogP contribution in [0.15, 0.2) is 35.3 Å². The van der Waals surface area contributed by atoms with Crippen LogP contribution in [0.25, 0.3) is 22.3 Å². The lowest BCUT2D eigenvalue weighted by molar-refractivity contribution is -0.137. The lowest BCUT2D eigenvalue weighted by Gasteiger charge is -2.38. The number of benzene rings is 1. The van der Waals surface area contributed by atoms with Gasteiger partial charge < -0.3 is 19.1 Å². The van der Waals surface area contributed by atoms with Gasteiger partial charge >= 0.3 is 11.9 Å². The number of aliphatic carboxylic acids is 1. The highest BCUT2D eigenvalue weighted by Gasteiger charge is 2.35. The number of hydrogen-bond acceptors (Lipinski definition) is 6. The summed E-state index contributed by atoms with van der Waals surface area (Å²) < 4.78 is 14.9. The maximum atomic E-state index is 12.9. The SMILES string of the molecule is COC(=O)c1cn2c(cc1=O)-c1c3cccc(OCCCCCCCC(=O)O)c3nn1C[C@H]2C(C)(C)C. The first kappa shape index (κ1) is 26.4. The molecule has 2 aromatic heterocycles. The largest absolute Gasteiger partial charge is 0.491 e. The van der Waals surface area contributed by atoms with Crippen molar-refractivity contribution in [1.29, 1.82) is 0 Å². The number of ether oxygens (including phenoxy) is 2. The molecule has 198 valence electrons. The smallest absolute Gasteiger partial charge is 0.343 e. The van der Waals surface area contributed by atoms with Crippen molar-refractivity contribution in [3.63, 3.8) is 0 Å². The number of pyridine rings is 1. The highest BCUT2D eigenvalue weighted by atomic mass is 16.5. The minimum absolute atomic E-state index is 0.0183. The van der Waals surface area contributed by atoms with E-state index < -0.39 is 11.9 Å². The summed E-state index contributed by atoms with van der Waals surface area (Å²) in [6.45, 7) is 7.51. The number of methoxy groups -OCH3 is 1. The molecule has 0 amide bonds. The van der Waals surface area contributed by atoms with Gasteiger partial charge in [0, 0.05) is 24.1 Å². The molecule has 37 heavy (non-hydrogen) atoms. The highest BCUT2D eigenvalue weighted by molar-refractivity contribution is 5.97. The molecular weight excluding hydrogens is 474 g/mol. The van der Waals surface area contributed by atoms with Crippen LogP contribution in [0.1, 0.15) is 75.7 Å². The fraction of sp³-hybridized carbons (Fsp3) is 0.500. The van der Waals surface area contributed by atoms with E-state index in [-0.39, 0.29) is 28.9 Å². The summed E-state index contributed by atoms with van der Waals surface area (Å²) in [5, 5.41) is 14.5. The normalized spacial score (nSPS) is 14.8. The molecule has 1 aliphatic heterocycles. The van der Waals surface area contributed by atoms with Gasteiger partial charge in [-0.2, -0.15) is 5.10 Å². The average Bonchev–Trinajstić information content (AvgIpc) is 3.23. The predicted octanol–water partition coefficient (Wildman–Crippen LogP) is 5.06. The van der Waals surface area contributed by atoms with Crippen LogP contribution < -0.4 is 10.2 Å². The standard InChI is InChI=1S/C28H35N3O6/c1-28(2,3)23-17-31-26(20-15-21(32)19(16-30(20)23)27(35)36-4)18-11-10-12-22(25(18)29-31)37-14-9-7-5-6-8-13-24(33)34/h10-12,15-16,23H,5-9,13-14,17H2,1-4H3,(H,33,34)/t23-/m0/s1. The van der Waals surface area contributed by atoms with Crippen LogP contribution >= 0.6 is 0 Å². The van der Waals surface area contributed by atoms with E-state index in [1.807, 2.05) is 27.4 Å². The molecule has 0 saturated carbocycles. The Morgan fingerprint density at radius 1 is 1.14 bits per heavy atom. The zero-order valence-corrected chi connectivity index (χ0v) is 22.0. The maximum Gasteiger partial charge on any atom is 0.343 e. The monoisotopic (exact) mass is 509 g/mol. The van der Waals surface area contributed by atoms with Crippen LogP contribution in [0.4, 0.5) is 0 Å². The number of nitrogens with zero attached hydrogens (tertiary/aromatic N) is 3. The molecule has 3 aromatic rings. The number of aromatic nitrogens is 3. The second-order valence-electron chi connectivity index (χ2n) is 10.7. The lowest BCUT2D eigenvalue weighted by Crippen LogP contribution is -2.35. The fourth-order valence-electron chi connectivity index (χ4n) is 4.94. The third-order valence-electron chi connectivity index (χ3n) is 6.93. The molecular formula is C28H35N3O6. The summed E-state index contributed by atoms with van der Waals surface area (Å²) in [7, 11) is 1.27. The first-order chi connectivity index (χ1) is 17.6. The van der Waals surface area contributed by atoms with Gasteiger partial charge in [0.1, 0.15) is 16.8 Å². The van der Waals surface area contributed by atoms with Crippen LogP contribution in [0.2, 0.25) is 0 Å². The van der Waals surface area contributed by atoms with Gasteiger partial charge in [0.15, 0.2) is 5.43 Å². The van der Waals surface area contributed by atoms with E-state index in [4.69, 9.17) is 19.7 Å². The molecule has 3 heterocycles. The van der Waals surface area contributed by atoms with Crippen LogP contribution in [0, 0.1) is 5.41 Å². The van der Waals surface area contributed by atoms with Crippen LogP contribution in [-0.4, -0.2) is 45.1 Å². The van der Waals surface area contributed by atoms with Gasteiger partial charge in [-0.3, -0.25) is 14.3 Å². The van der Waals surface area contributed by atoms with Gasteiger partial charge in [-0.15, -0.1) is 0 Å². The van der Waals surface area contributed by atoms with Crippen molar-refractivity contribution in [3.8, 4) is 17.1 Å². The van der Waals surface area contributed by atoms with Crippen molar-refractivity contribution in [2.75, 3.05) is 13.7 Å². The Kier molecular flexibility index (Phi) is 7.71. The Hall–Kier alpha value is -3.62. The van der Waals surface area contributed by atoms with E-state index in [1.54, 1.807) is 6.20 Å². The van der Waals surface area contributed by atoms with Gasteiger partial charge in [0.25, 0.3) is 0 Å². The first-order valence-corrected chi connectivity index (χ1v) is 12.8. The van der Waals surface area contributed by atoms with Crippen LogP contribution in [0.3, 0.4) is 0 Å². The molecule has 0 saturated heterocycles. The molecule has 1 aliphatic rings. The molecule has 0 unspecified atom stereocenters. The van der Waals surface area contributed by atoms with Crippen molar-refractivity contribution in [1.82, 2.24) is 14.3 Å². The van der Waals surface area contributed by atoms with E-state index in [2.05, 4.69) is 20.8 Å². The summed E-state index contributed by atoms with van der Waals surface area (Å²) >= 11 is 0. The molecule has 1 aromatic carbocycles. The van der Waals surface area contributed by atoms with Gasteiger partial charge in [0.2, 0.25) is 0 Å². The molecule has 0 bridgehead atoms. The second kappa shape index (κ2) is 10.8. The molecule has 0 aliphatic carbocycles.